The maximum absolute atomic E-state index is 5.76. The molecule has 0 aliphatic carbocycles. The van der Waals surface area contributed by atoms with Crippen molar-refractivity contribution in [1.29, 1.82) is 0 Å². The summed E-state index contributed by atoms with van der Waals surface area (Å²) in [4.78, 5) is 4.75. The Hall–Kier alpha value is -1.06. The lowest BCUT2D eigenvalue weighted by molar-refractivity contribution is -0.0828. The highest BCUT2D eigenvalue weighted by molar-refractivity contribution is 14.0. The van der Waals surface area contributed by atoms with Gasteiger partial charge in [0.15, 0.2) is 5.96 Å². The summed E-state index contributed by atoms with van der Waals surface area (Å²) in [6.45, 7) is 7.88. The Labute approximate surface area is 180 Å². The van der Waals surface area contributed by atoms with Crippen LogP contribution in [0.15, 0.2) is 23.2 Å². The Kier molecular flexibility index (Phi) is 11.0. The molecule has 0 aromatic heterocycles. The summed E-state index contributed by atoms with van der Waals surface area (Å²) in [7, 11) is 3.48. The number of hydrogen-bond donors (Lipinski definition) is 2. The van der Waals surface area contributed by atoms with E-state index >= 15 is 0 Å². The summed E-state index contributed by atoms with van der Waals surface area (Å²) in [5, 5.41) is 6.72. The van der Waals surface area contributed by atoms with E-state index in [2.05, 4.69) is 42.7 Å². The number of rotatable bonds is 8. The van der Waals surface area contributed by atoms with Crippen molar-refractivity contribution in [2.24, 2.45) is 4.99 Å². The van der Waals surface area contributed by atoms with Gasteiger partial charge in [0, 0.05) is 46.3 Å². The molecular formula is C20H34IN3O3. The van der Waals surface area contributed by atoms with Gasteiger partial charge in [-0.25, -0.2) is 0 Å². The van der Waals surface area contributed by atoms with Gasteiger partial charge in [0.2, 0.25) is 0 Å². The SMILES string of the molecule is CCNC(=NCC1(OC)CCOCC1)NCCc1ccc(C)c(OC)c1.I. The van der Waals surface area contributed by atoms with E-state index in [1.165, 1.54) is 5.56 Å². The van der Waals surface area contributed by atoms with Gasteiger partial charge in [0.25, 0.3) is 0 Å². The molecular weight excluding hydrogens is 457 g/mol. The lowest BCUT2D eigenvalue weighted by Gasteiger charge is -2.34. The summed E-state index contributed by atoms with van der Waals surface area (Å²) < 4.78 is 16.6. The van der Waals surface area contributed by atoms with Gasteiger partial charge in [-0.2, -0.15) is 0 Å². The van der Waals surface area contributed by atoms with E-state index in [1.54, 1.807) is 14.2 Å². The van der Waals surface area contributed by atoms with Crippen LogP contribution in [-0.4, -0.2) is 58.6 Å². The molecule has 6 nitrogen and oxygen atoms in total. The predicted molar refractivity (Wildman–Crippen MR) is 121 cm³/mol. The van der Waals surface area contributed by atoms with Crippen LogP contribution in [0.4, 0.5) is 0 Å². The Balaban J connectivity index is 0.00000364. The molecule has 0 bridgehead atoms. The van der Waals surface area contributed by atoms with Gasteiger partial charge < -0.3 is 24.8 Å². The molecule has 1 fully saturated rings. The normalized spacial score (nSPS) is 16.4. The van der Waals surface area contributed by atoms with Crippen molar-refractivity contribution in [3.8, 4) is 5.75 Å². The number of halogens is 1. The van der Waals surface area contributed by atoms with E-state index in [0.29, 0.717) is 6.54 Å². The molecule has 0 amide bonds. The first-order valence-corrected chi connectivity index (χ1v) is 9.41. The number of aliphatic imine (C=N–C) groups is 1. The topological polar surface area (TPSA) is 64.1 Å². The van der Waals surface area contributed by atoms with Crippen molar-refractivity contribution in [1.82, 2.24) is 10.6 Å². The molecule has 27 heavy (non-hydrogen) atoms. The van der Waals surface area contributed by atoms with Crippen LogP contribution < -0.4 is 15.4 Å². The maximum Gasteiger partial charge on any atom is 0.191 e. The first kappa shape index (κ1) is 24.0. The molecule has 1 aromatic rings. The third-order valence-electron chi connectivity index (χ3n) is 4.89. The second kappa shape index (κ2) is 12.4. The van der Waals surface area contributed by atoms with Crippen molar-refractivity contribution in [2.75, 3.05) is 47.1 Å². The first-order chi connectivity index (χ1) is 12.6. The van der Waals surface area contributed by atoms with Gasteiger partial charge in [-0.05, 0) is 37.5 Å². The van der Waals surface area contributed by atoms with Crippen molar-refractivity contribution in [2.45, 2.75) is 38.7 Å². The number of nitrogens with zero attached hydrogens (tertiary/aromatic N) is 1. The second-order valence-corrected chi connectivity index (χ2v) is 6.68. The molecule has 1 aliphatic heterocycles. The minimum absolute atomic E-state index is 0. The van der Waals surface area contributed by atoms with Gasteiger partial charge in [-0.1, -0.05) is 12.1 Å². The van der Waals surface area contributed by atoms with Crippen LogP contribution >= 0.6 is 24.0 Å². The van der Waals surface area contributed by atoms with E-state index in [1.807, 2.05) is 0 Å². The fourth-order valence-electron chi connectivity index (χ4n) is 3.08. The number of nitrogens with one attached hydrogen (secondary N) is 2. The third-order valence-corrected chi connectivity index (χ3v) is 4.89. The van der Waals surface area contributed by atoms with Gasteiger partial charge in [-0.15, -0.1) is 24.0 Å². The highest BCUT2D eigenvalue weighted by Crippen LogP contribution is 2.24. The van der Waals surface area contributed by atoms with E-state index in [4.69, 9.17) is 19.2 Å². The summed E-state index contributed by atoms with van der Waals surface area (Å²) in [6.07, 6.45) is 2.68. The fourth-order valence-corrected chi connectivity index (χ4v) is 3.08. The summed E-state index contributed by atoms with van der Waals surface area (Å²) in [5.41, 5.74) is 2.19. The predicted octanol–water partition coefficient (Wildman–Crippen LogP) is 2.91. The molecule has 0 spiro atoms. The molecule has 7 heteroatoms. The molecule has 1 heterocycles. The number of ether oxygens (including phenoxy) is 3. The highest BCUT2D eigenvalue weighted by Gasteiger charge is 2.32. The monoisotopic (exact) mass is 491 g/mol. The average molecular weight is 491 g/mol. The molecule has 0 radical (unpaired) electrons. The second-order valence-electron chi connectivity index (χ2n) is 6.68. The Morgan fingerprint density at radius 3 is 2.59 bits per heavy atom. The van der Waals surface area contributed by atoms with Crippen molar-refractivity contribution in [3.63, 3.8) is 0 Å². The number of aryl methyl sites for hydroxylation is 1. The summed E-state index contributed by atoms with van der Waals surface area (Å²) >= 11 is 0. The van der Waals surface area contributed by atoms with Gasteiger partial charge in [0.05, 0.1) is 19.3 Å². The highest BCUT2D eigenvalue weighted by atomic mass is 127. The number of methoxy groups -OCH3 is 2. The molecule has 1 saturated heterocycles. The van der Waals surface area contributed by atoms with Crippen LogP contribution in [0.2, 0.25) is 0 Å². The van der Waals surface area contributed by atoms with Crippen LogP contribution in [0.25, 0.3) is 0 Å². The van der Waals surface area contributed by atoms with Crippen LogP contribution in [0, 0.1) is 6.92 Å². The molecule has 2 rings (SSSR count). The Morgan fingerprint density at radius 2 is 1.96 bits per heavy atom. The number of benzene rings is 1. The van der Waals surface area contributed by atoms with Crippen molar-refractivity contribution >= 4 is 29.9 Å². The lowest BCUT2D eigenvalue weighted by atomic mass is 9.94. The first-order valence-electron chi connectivity index (χ1n) is 9.41. The van der Waals surface area contributed by atoms with E-state index in [0.717, 1.165) is 62.8 Å². The number of hydrogen-bond acceptors (Lipinski definition) is 4. The molecule has 1 aliphatic rings. The van der Waals surface area contributed by atoms with E-state index < -0.39 is 0 Å². The molecule has 0 saturated carbocycles. The molecule has 0 unspecified atom stereocenters. The molecule has 2 N–H and O–H groups in total. The zero-order valence-electron chi connectivity index (χ0n) is 17.0. The van der Waals surface area contributed by atoms with Crippen LogP contribution in [0.5, 0.6) is 5.75 Å². The molecule has 0 atom stereocenters. The van der Waals surface area contributed by atoms with Crippen molar-refractivity contribution < 1.29 is 14.2 Å². The summed E-state index contributed by atoms with van der Waals surface area (Å²) in [5.74, 6) is 1.76. The van der Waals surface area contributed by atoms with Crippen LogP contribution in [0.3, 0.4) is 0 Å². The Bertz CT molecular complexity index is 590. The van der Waals surface area contributed by atoms with Crippen LogP contribution in [0.1, 0.15) is 30.9 Å². The van der Waals surface area contributed by atoms with Gasteiger partial charge >= 0.3 is 0 Å². The largest absolute Gasteiger partial charge is 0.496 e. The minimum atomic E-state index is -0.203. The lowest BCUT2D eigenvalue weighted by Crippen LogP contribution is -2.44. The van der Waals surface area contributed by atoms with E-state index in [9.17, 15) is 0 Å². The van der Waals surface area contributed by atoms with Gasteiger partial charge in [-0.3, -0.25) is 4.99 Å². The smallest absolute Gasteiger partial charge is 0.191 e. The van der Waals surface area contributed by atoms with Crippen LogP contribution in [-0.2, 0) is 15.9 Å². The zero-order chi connectivity index (χ0) is 18.8. The zero-order valence-corrected chi connectivity index (χ0v) is 19.3. The molecule has 154 valence electrons. The Morgan fingerprint density at radius 1 is 1.22 bits per heavy atom. The standard InChI is InChI=1S/C20H33N3O3.HI/c1-5-21-19(23-15-20(25-4)9-12-26-13-10-20)22-11-8-17-7-6-16(2)18(14-17)24-3;/h6-7,14H,5,8-13,15H2,1-4H3,(H2,21,22,23);1H. The summed E-state index contributed by atoms with van der Waals surface area (Å²) in [6, 6.07) is 6.34. The minimum Gasteiger partial charge on any atom is -0.496 e. The van der Waals surface area contributed by atoms with Gasteiger partial charge in [0.1, 0.15) is 5.75 Å². The average Bonchev–Trinajstić information content (AvgIpc) is 2.68. The third kappa shape index (κ3) is 7.46. The fraction of sp³-hybridized carbons (Fsp3) is 0.650. The van der Waals surface area contributed by atoms with Crippen molar-refractivity contribution in [3.05, 3.63) is 29.3 Å². The molecule has 1 aromatic carbocycles. The quantitative estimate of drug-likeness (QED) is 0.333. The number of guanidine groups is 1. The maximum atomic E-state index is 5.76. The van der Waals surface area contributed by atoms with E-state index in [-0.39, 0.29) is 29.6 Å².